The minimum Gasteiger partial charge on any atom is -0.341 e. The van der Waals surface area contributed by atoms with Gasteiger partial charge in [0.2, 0.25) is 5.95 Å². The third kappa shape index (κ3) is 2.70. The van der Waals surface area contributed by atoms with Crippen molar-refractivity contribution in [3.05, 3.63) is 18.0 Å². The molecule has 1 fully saturated rings. The van der Waals surface area contributed by atoms with Gasteiger partial charge in [-0.3, -0.25) is 0 Å². The molecule has 0 radical (unpaired) electrons. The van der Waals surface area contributed by atoms with Crippen molar-refractivity contribution in [2.75, 3.05) is 25.0 Å². The Morgan fingerprint density at radius 3 is 3.06 bits per heavy atom. The molecule has 1 aliphatic rings. The van der Waals surface area contributed by atoms with Gasteiger partial charge in [-0.1, -0.05) is 0 Å². The van der Waals surface area contributed by atoms with Crippen LogP contribution in [0, 0.1) is 6.92 Å². The molecule has 0 saturated carbocycles. The van der Waals surface area contributed by atoms with Crippen LogP contribution in [0.5, 0.6) is 0 Å². The first-order chi connectivity index (χ1) is 7.77. The Labute approximate surface area is 97.1 Å². The van der Waals surface area contributed by atoms with Gasteiger partial charge in [0.05, 0.1) is 0 Å². The molecule has 1 aromatic rings. The first-order valence-electron chi connectivity index (χ1n) is 6.00. The fourth-order valence-electron chi connectivity index (χ4n) is 2.16. The number of rotatable bonds is 2. The quantitative estimate of drug-likeness (QED) is 0.817. The van der Waals surface area contributed by atoms with Crippen molar-refractivity contribution in [3.8, 4) is 0 Å². The molecule has 0 bridgehead atoms. The zero-order chi connectivity index (χ0) is 11.4. The van der Waals surface area contributed by atoms with Crippen molar-refractivity contribution in [2.45, 2.75) is 32.2 Å². The monoisotopic (exact) mass is 220 g/mol. The maximum Gasteiger partial charge on any atom is 0.225 e. The molecule has 4 nitrogen and oxygen atoms in total. The van der Waals surface area contributed by atoms with Crippen LogP contribution in [-0.4, -0.2) is 36.1 Å². The highest BCUT2D eigenvalue weighted by atomic mass is 15.3. The molecular formula is C12H20N4. The van der Waals surface area contributed by atoms with Crippen LogP contribution in [0.4, 0.5) is 5.95 Å². The van der Waals surface area contributed by atoms with E-state index in [9.17, 15) is 0 Å². The molecule has 16 heavy (non-hydrogen) atoms. The summed E-state index contributed by atoms with van der Waals surface area (Å²) in [4.78, 5) is 11.0. The minimum atomic E-state index is 0.566. The van der Waals surface area contributed by atoms with Crippen LogP contribution in [0.15, 0.2) is 12.3 Å². The van der Waals surface area contributed by atoms with Gasteiger partial charge in [0, 0.05) is 25.0 Å². The highest BCUT2D eigenvalue weighted by Gasteiger charge is 2.18. The predicted octanol–water partition coefficient (Wildman–Crippen LogP) is 1.36. The van der Waals surface area contributed by atoms with Crippen LogP contribution in [0.1, 0.15) is 25.0 Å². The molecule has 1 atom stereocenters. The van der Waals surface area contributed by atoms with E-state index < -0.39 is 0 Å². The summed E-state index contributed by atoms with van der Waals surface area (Å²) < 4.78 is 0. The third-order valence-electron chi connectivity index (χ3n) is 3.19. The van der Waals surface area contributed by atoms with Crippen LogP contribution in [0.25, 0.3) is 0 Å². The van der Waals surface area contributed by atoms with Crippen molar-refractivity contribution < 1.29 is 0 Å². The van der Waals surface area contributed by atoms with Gasteiger partial charge in [-0.05, 0) is 45.3 Å². The summed E-state index contributed by atoms with van der Waals surface area (Å²) in [7, 11) is 2.10. The Balaban J connectivity index is 2.07. The molecule has 0 spiro atoms. The lowest BCUT2D eigenvalue weighted by atomic mass is 10.1. The summed E-state index contributed by atoms with van der Waals surface area (Å²) in [5.41, 5.74) is 1.03. The normalized spacial score (nSPS) is 21.5. The van der Waals surface area contributed by atoms with Crippen LogP contribution in [-0.2, 0) is 0 Å². The smallest absolute Gasteiger partial charge is 0.225 e. The Morgan fingerprint density at radius 1 is 1.38 bits per heavy atom. The number of aromatic nitrogens is 2. The van der Waals surface area contributed by atoms with Crippen molar-refractivity contribution in [1.82, 2.24) is 15.3 Å². The average molecular weight is 220 g/mol. The SMILES string of the molecule is Cc1ccnc(N(C)C2CCCNCC2)n1. The number of aryl methyl sites for hydroxylation is 1. The zero-order valence-corrected chi connectivity index (χ0v) is 10.1. The molecule has 1 N–H and O–H groups in total. The Hall–Kier alpha value is -1.16. The van der Waals surface area contributed by atoms with E-state index >= 15 is 0 Å². The van der Waals surface area contributed by atoms with Gasteiger partial charge in [0.25, 0.3) is 0 Å². The third-order valence-corrected chi connectivity index (χ3v) is 3.19. The standard InChI is InChI=1S/C12H20N4/c1-10-5-9-14-12(15-10)16(2)11-4-3-7-13-8-6-11/h5,9,11,13H,3-4,6-8H2,1-2H3. The maximum absolute atomic E-state index is 4.47. The van der Waals surface area contributed by atoms with Gasteiger partial charge in [0.15, 0.2) is 0 Å². The van der Waals surface area contributed by atoms with Gasteiger partial charge in [-0.15, -0.1) is 0 Å². The highest BCUT2D eigenvalue weighted by Crippen LogP contribution is 2.16. The molecule has 1 saturated heterocycles. The molecule has 88 valence electrons. The Bertz CT molecular complexity index is 332. The fourth-order valence-corrected chi connectivity index (χ4v) is 2.16. The second kappa shape index (κ2) is 5.25. The molecule has 1 aromatic heterocycles. The predicted molar refractivity (Wildman–Crippen MR) is 65.7 cm³/mol. The summed E-state index contributed by atoms with van der Waals surface area (Å²) in [5.74, 6) is 0.854. The summed E-state index contributed by atoms with van der Waals surface area (Å²) in [6.45, 7) is 4.24. The molecule has 0 amide bonds. The number of nitrogens with one attached hydrogen (secondary N) is 1. The van der Waals surface area contributed by atoms with E-state index in [0.717, 1.165) is 24.7 Å². The molecule has 2 rings (SSSR count). The van der Waals surface area contributed by atoms with Crippen molar-refractivity contribution >= 4 is 5.95 Å². The average Bonchev–Trinajstić information content (AvgIpc) is 2.56. The molecular weight excluding hydrogens is 200 g/mol. The largest absolute Gasteiger partial charge is 0.341 e. The van der Waals surface area contributed by atoms with Gasteiger partial charge >= 0.3 is 0 Å². The van der Waals surface area contributed by atoms with Crippen LogP contribution < -0.4 is 10.2 Å². The maximum atomic E-state index is 4.47. The first-order valence-corrected chi connectivity index (χ1v) is 6.00. The van der Waals surface area contributed by atoms with Crippen LogP contribution in [0.3, 0.4) is 0 Å². The lowest BCUT2D eigenvalue weighted by Gasteiger charge is -2.26. The molecule has 2 heterocycles. The van der Waals surface area contributed by atoms with E-state index in [1.807, 2.05) is 19.2 Å². The number of anilines is 1. The fraction of sp³-hybridized carbons (Fsp3) is 0.667. The first kappa shape index (κ1) is 11.3. The second-order valence-electron chi connectivity index (χ2n) is 4.44. The molecule has 0 aliphatic carbocycles. The van der Waals surface area contributed by atoms with Gasteiger partial charge < -0.3 is 10.2 Å². The Morgan fingerprint density at radius 2 is 2.25 bits per heavy atom. The van der Waals surface area contributed by atoms with Crippen molar-refractivity contribution in [3.63, 3.8) is 0 Å². The van der Waals surface area contributed by atoms with E-state index in [4.69, 9.17) is 0 Å². The summed E-state index contributed by atoms with van der Waals surface area (Å²) in [5, 5.41) is 3.43. The zero-order valence-electron chi connectivity index (χ0n) is 10.1. The van der Waals surface area contributed by atoms with Gasteiger partial charge in [-0.25, -0.2) is 9.97 Å². The van der Waals surface area contributed by atoms with E-state index in [1.165, 1.54) is 19.3 Å². The Kier molecular flexibility index (Phi) is 3.72. The van der Waals surface area contributed by atoms with E-state index in [0.29, 0.717) is 6.04 Å². The lowest BCUT2D eigenvalue weighted by molar-refractivity contribution is 0.557. The molecule has 1 aliphatic heterocycles. The van der Waals surface area contributed by atoms with Crippen molar-refractivity contribution in [2.24, 2.45) is 0 Å². The summed E-state index contributed by atoms with van der Waals surface area (Å²) in [6, 6.07) is 2.50. The summed E-state index contributed by atoms with van der Waals surface area (Å²) in [6.07, 6.45) is 5.47. The highest BCUT2D eigenvalue weighted by molar-refractivity contribution is 5.30. The number of hydrogen-bond acceptors (Lipinski definition) is 4. The summed E-state index contributed by atoms with van der Waals surface area (Å²) >= 11 is 0. The molecule has 4 heteroatoms. The van der Waals surface area contributed by atoms with E-state index in [1.54, 1.807) is 0 Å². The topological polar surface area (TPSA) is 41.1 Å². The second-order valence-corrected chi connectivity index (χ2v) is 4.44. The lowest BCUT2D eigenvalue weighted by Crippen LogP contribution is -2.33. The van der Waals surface area contributed by atoms with E-state index in [-0.39, 0.29) is 0 Å². The van der Waals surface area contributed by atoms with Crippen LogP contribution >= 0.6 is 0 Å². The molecule has 0 aromatic carbocycles. The van der Waals surface area contributed by atoms with Gasteiger partial charge in [0.1, 0.15) is 0 Å². The van der Waals surface area contributed by atoms with Crippen LogP contribution in [0.2, 0.25) is 0 Å². The van der Waals surface area contributed by atoms with Crippen molar-refractivity contribution in [1.29, 1.82) is 0 Å². The number of nitrogens with zero attached hydrogens (tertiary/aromatic N) is 3. The number of hydrogen-bond donors (Lipinski definition) is 1. The van der Waals surface area contributed by atoms with E-state index in [2.05, 4.69) is 27.2 Å². The van der Waals surface area contributed by atoms with Gasteiger partial charge in [-0.2, -0.15) is 0 Å². The minimum absolute atomic E-state index is 0.566. The molecule has 1 unspecified atom stereocenters.